The number of halogens is 2. The van der Waals surface area contributed by atoms with Crippen molar-refractivity contribution in [2.75, 3.05) is 5.32 Å². The molecule has 0 unspecified atom stereocenters. The summed E-state index contributed by atoms with van der Waals surface area (Å²) in [7, 11) is 0. The van der Waals surface area contributed by atoms with Crippen LogP contribution in [0, 0.1) is 11.6 Å². The van der Waals surface area contributed by atoms with Crippen LogP contribution in [0.5, 0.6) is 0 Å². The smallest absolute Gasteiger partial charge is 0.261 e. The van der Waals surface area contributed by atoms with Crippen LogP contribution in [0.2, 0.25) is 0 Å². The van der Waals surface area contributed by atoms with Crippen molar-refractivity contribution in [1.82, 2.24) is 9.55 Å². The standard InChI is InChI=1S/C16H13F2N3O/c1-2-21-14-6-4-3-5-13(14)19-16(21)20-15(22)11-9-10(17)7-8-12(11)18/h3-9H,2H2,1H3,(H,19,20,22). The molecule has 0 spiro atoms. The van der Waals surface area contributed by atoms with E-state index in [2.05, 4.69) is 10.3 Å². The second-order valence-electron chi connectivity index (χ2n) is 4.75. The van der Waals surface area contributed by atoms with Gasteiger partial charge in [-0.25, -0.2) is 13.8 Å². The number of para-hydroxylation sites is 2. The van der Waals surface area contributed by atoms with Gasteiger partial charge in [0, 0.05) is 6.54 Å². The first kappa shape index (κ1) is 14.2. The summed E-state index contributed by atoms with van der Waals surface area (Å²) >= 11 is 0. The number of carbonyl (C=O) groups excluding carboxylic acids is 1. The fourth-order valence-corrected chi connectivity index (χ4v) is 2.33. The van der Waals surface area contributed by atoms with Crippen molar-refractivity contribution in [2.24, 2.45) is 0 Å². The van der Waals surface area contributed by atoms with Crippen molar-refractivity contribution >= 4 is 22.9 Å². The number of hydrogen-bond donors (Lipinski definition) is 1. The predicted octanol–water partition coefficient (Wildman–Crippen LogP) is 3.59. The minimum absolute atomic E-state index is 0.303. The zero-order chi connectivity index (χ0) is 15.7. The third-order valence-corrected chi connectivity index (χ3v) is 3.37. The van der Waals surface area contributed by atoms with Gasteiger partial charge in [-0.05, 0) is 37.3 Å². The normalized spacial score (nSPS) is 10.9. The van der Waals surface area contributed by atoms with Gasteiger partial charge < -0.3 is 4.57 Å². The average molecular weight is 301 g/mol. The summed E-state index contributed by atoms with van der Waals surface area (Å²) in [6.45, 7) is 2.49. The fraction of sp³-hybridized carbons (Fsp3) is 0.125. The largest absolute Gasteiger partial charge is 0.310 e. The zero-order valence-electron chi connectivity index (χ0n) is 11.8. The summed E-state index contributed by atoms with van der Waals surface area (Å²) in [5, 5.41) is 2.54. The van der Waals surface area contributed by atoms with Crippen LogP contribution in [0.15, 0.2) is 42.5 Å². The zero-order valence-corrected chi connectivity index (χ0v) is 11.8. The topological polar surface area (TPSA) is 46.9 Å². The molecule has 0 aliphatic rings. The Morgan fingerprint density at radius 2 is 2.00 bits per heavy atom. The molecule has 112 valence electrons. The maximum Gasteiger partial charge on any atom is 0.261 e. The number of benzene rings is 2. The SMILES string of the molecule is CCn1c(NC(=O)c2cc(F)ccc2F)nc2ccccc21. The molecule has 1 aromatic heterocycles. The molecule has 0 radical (unpaired) electrons. The highest BCUT2D eigenvalue weighted by molar-refractivity contribution is 6.04. The Morgan fingerprint density at radius 1 is 1.23 bits per heavy atom. The highest BCUT2D eigenvalue weighted by Crippen LogP contribution is 2.20. The number of hydrogen-bond acceptors (Lipinski definition) is 2. The summed E-state index contributed by atoms with van der Waals surface area (Å²) in [6.07, 6.45) is 0. The van der Waals surface area contributed by atoms with Crippen molar-refractivity contribution < 1.29 is 13.6 Å². The van der Waals surface area contributed by atoms with Crippen molar-refractivity contribution in [3.8, 4) is 0 Å². The lowest BCUT2D eigenvalue weighted by molar-refractivity contribution is 0.102. The Morgan fingerprint density at radius 3 is 2.77 bits per heavy atom. The molecule has 6 heteroatoms. The van der Waals surface area contributed by atoms with Gasteiger partial charge in [-0.3, -0.25) is 10.1 Å². The summed E-state index contributed by atoms with van der Waals surface area (Å²) in [6, 6.07) is 10.2. The van der Waals surface area contributed by atoms with Crippen LogP contribution in [0.4, 0.5) is 14.7 Å². The van der Waals surface area contributed by atoms with E-state index in [0.717, 1.165) is 29.2 Å². The third kappa shape index (κ3) is 2.43. The van der Waals surface area contributed by atoms with E-state index < -0.39 is 17.5 Å². The number of imidazole rings is 1. The predicted molar refractivity (Wildman–Crippen MR) is 79.7 cm³/mol. The monoisotopic (exact) mass is 301 g/mol. The van der Waals surface area contributed by atoms with Crippen LogP contribution in [-0.2, 0) is 6.54 Å². The maximum absolute atomic E-state index is 13.7. The lowest BCUT2D eigenvalue weighted by Crippen LogP contribution is -2.17. The van der Waals surface area contributed by atoms with Crippen molar-refractivity contribution in [3.63, 3.8) is 0 Å². The van der Waals surface area contributed by atoms with Crippen LogP contribution in [0.3, 0.4) is 0 Å². The summed E-state index contributed by atoms with van der Waals surface area (Å²) in [5.74, 6) is -1.88. The highest BCUT2D eigenvalue weighted by atomic mass is 19.1. The van der Waals surface area contributed by atoms with Crippen molar-refractivity contribution in [1.29, 1.82) is 0 Å². The first-order valence-electron chi connectivity index (χ1n) is 6.82. The first-order chi connectivity index (χ1) is 10.6. The molecule has 1 heterocycles. The molecule has 0 bridgehead atoms. The van der Waals surface area contributed by atoms with E-state index in [1.165, 1.54) is 0 Å². The molecule has 22 heavy (non-hydrogen) atoms. The first-order valence-corrected chi connectivity index (χ1v) is 6.82. The Bertz CT molecular complexity index is 858. The minimum Gasteiger partial charge on any atom is -0.310 e. The van der Waals surface area contributed by atoms with E-state index in [1.54, 1.807) is 4.57 Å². The van der Waals surface area contributed by atoms with Gasteiger partial charge >= 0.3 is 0 Å². The van der Waals surface area contributed by atoms with E-state index in [0.29, 0.717) is 12.5 Å². The van der Waals surface area contributed by atoms with E-state index in [-0.39, 0.29) is 5.56 Å². The quantitative estimate of drug-likeness (QED) is 0.803. The number of aromatic nitrogens is 2. The van der Waals surface area contributed by atoms with Gasteiger partial charge in [-0.1, -0.05) is 12.1 Å². The second kappa shape index (κ2) is 5.55. The molecule has 1 N–H and O–H groups in total. The minimum atomic E-state index is -0.780. The van der Waals surface area contributed by atoms with Crippen molar-refractivity contribution in [3.05, 3.63) is 59.7 Å². The number of aryl methyl sites for hydroxylation is 1. The lowest BCUT2D eigenvalue weighted by Gasteiger charge is -2.08. The molecular weight excluding hydrogens is 288 g/mol. The van der Waals surface area contributed by atoms with Gasteiger partial charge in [0.2, 0.25) is 5.95 Å². The Labute approximate surface area is 125 Å². The molecule has 0 saturated carbocycles. The molecule has 3 rings (SSSR count). The van der Waals surface area contributed by atoms with Crippen LogP contribution in [0.25, 0.3) is 11.0 Å². The van der Waals surface area contributed by atoms with Gasteiger partial charge in [0.15, 0.2) is 0 Å². The number of nitrogens with one attached hydrogen (secondary N) is 1. The van der Waals surface area contributed by atoms with E-state index in [1.807, 2.05) is 31.2 Å². The number of nitrogens with zero attached hydrogens (tertiary/aromatic N) is 2. The number of fused-ring (bicyclic) bond motifs is 1. The molecule has 0 aliphatic carbocycles. The highest BCUT2D eigenvalue weighted by Gasteiger charge is 2.16. The molecule has 2 aromatic carbocycles. The lowest BCUT2D eigenvalue weighted by atomic mass is 10.2. The molecule has 3 aromatic rings. The number of rotatable bonds is 3. The summed E-state index contributed by atoms with van der Waals surface area (Å²) in [5.41, 5.74) is 1.23. The molecule has 0 aliphatic heterocycles. The van der Waals surface area contributed by atoms with Crippen LogP contribution >= 0.6 is 0 Å². The molecule has 4 nitrogen and oxygen atoms in total. The third-order valence-electron chi connectivity index (χ3n) is 3.37. The molecule has 1 amide bonds. The Kier molecular flexibility index (Phi) is 3.58. The van der Waals surface area contributed by atoms with Gasteiger partial charge in [-0.2, -0.15) is 0 Å². The Balaban J connectivity index is 1.99. The number of amides is 1. The Hall–Kier alpha value is -2.76. The van der Waals surface area contributed by atoms with E-state index in [9.17, 15) is 13.6 Å². The maximum atomic E-state index is 13.7. The second-order valence-corrected chi connectivity index (χ2v) is 4.75. The molecule has 0 saturated heterocycles. The van der Waals surface area contributed by atoms with Gasteiger partial charge in [0.05, 0.1) is 16.6 Å². The van der Waals surface area contributed by atoms with Crippen molar-refractivity contribution in [2.45, 2.75) is 13.5 Å². The summed E-state index contributed by atoms with van der Waals surface area (Å²) < 4.78 is 28.6. The van der Waals surface area contributed by atoms with E-state index >= 15 is 0 Å². The molecule has 0 atom stereocenters. The van der Waals surface area contributed by atoms with Gasteiger partial charge in [-0.15, -0.1) is 0 Å². The van der Waals surface area contributed by atoms with Gasteiger partial charge in [0.1, 0.15) is 11.6 Å². The van der Waals surface area contributed by atoms with Crippen LogP contribution < -0.4 is 5.32 Å². The van der Waals surface area contributed by atoms with E-state index in [4.69, 9.17) is 0 Å². The molecule has 0 fully saturated rings. The van der Waals surface area contributed by atoms with Crippen LogP contribution in [-0.4, -0.2) is 15.5 Å². The van der Waals surface area contributed by atoms with Crippen LogP contribution in [0.1, 0.15) is 17.3 Å². The fourth-order valence-electron chi connectivity index (χ4n) is 2.33. The number of carbonyl (C=O) groups is 1. The number of anilines is 1. The molecular formula is C16H13F2N3O. The van der Waals surface area contributed by atoms with Gasteiger partial charge in [0.25, 0.3) is 5.91 Å². The average Bonchev–Trinajstić information content (AvgIpc) is 2.86. The summed E-state index contributed by atoms with van der Waals surface area (Å²) in [4.78, 5) is 16.5.